The normalized spacial score (nSPS) is 12.7. The van der Waals surface area contributed by atoms with Gasteiger partial charge in [-0.3, -0.25) is 4.72 Å². The first-order valence-corrected chi connectivity index (χ1v) is 8.71. The number of nitrogens with one attached hydrogen (secondary N) is 1. The minimum absolute atomic E-state index is 0.317. The third-order valence-electron chi connectivity index (χ3n) is 3.02. The van der Waals surface area contributed by atoms with Gasteiger partial charge in [0.1, 0.15) is 12.4 Å². The molecule has 0 amide bonds. The van der Waals surface area contributed by atoms with Gasteiger partial charge in [0, 0.05) is 0 Å². The Morgan fingerprint density at radius 3 is 2.45 bits per heavy atom. The smallest absolute Gasteiger partial charge is 0.229 e. The highest BCUT2D eigenvalue weighted by atomic mass is 32.2. The van der Waals surface area contributed by atoms with Gasteiger partial charge in [0.2, 0.25) is 10.0 Å². The number of hydrogen-bond donors (Lipinski definition) is 2. The molecule has 0 saturated carbocycles. The number of rotatable bonds is 6. The third kappa shape index (κ3) is 4.75. The van der Waals surface area contributed by atoms with Gasteiger partial charge in [-0.15, -0.1) is 0 Å². The molecular formula is C16H19NO4S. The zero-order chi connectivity index (χ0) is 16.2. The summed E-state index contributed by atoms with van der Waals surface area (Å²) in [6.45, 7) is 1.94. The maximum Gasteiger partial charge on any atom is 0.229 e. The minimum Gasteiger partial charge on any atom is -0.487 e. The van der Waals surface area contributed by atoms with Crippen LogP contribution in [0.3, 0.4) is 0 Å². The molecule has 22 heavy (non-hydrogen) atoms. The maximum atomic E-state index is 11.5. The molecule has 2 aromatic carbocycles. The van der Waals surface area contributed by atoms with Gasteiger partial charge in [0.05, 0.1) is 18.0 Å². The lowest BCUT2D eigenvalue weighted by Gasteiger charge is -2.15. The molecule has 0 aliphatic rings. The number of hydrogen-bond acceptors (Lipinski definition) is 4. The summed E-state index contributed by atoms with van der Waals surface area (Å²) in [5, 5.41) is 9.63. The molecule has 118 valence electrons. The molecule has 0 bridgehead atoms. The van der Waals surface area contributed by atoms with Gasteiger partial charge in [-0.25, -0.2) is 8.42 Å². The molecule has 0 aliphatic carbocycles. The summed E-state index contributed by atoms with van der Waals surface area (Å²) >= 11 is 0. The Bertz CT molecular complexity index is 727. The van der Waals surface area contributed by atoms with Crippen molar-refractivity contribution in [3.8, 4) is 5.75 Å². The van der Waals surface area contributed by atoms with Crippen molar-refractivity contribution in [2.45, 2.75) is 19.6 Å². The molecule has 0 aliphatic heterocycles. The van der Waals surface area contributed by atoms with E-state index in [1.165, 1.54) is 0 Å². The van der Waals surface area contributed by atoms with E-state index in [-0.39, 0.29) is 0 Å². The zero-order valence-corrected chi connectivity index (χ0v) is 13.3. The third-order valence-corrected chi connectivity index (χ3v) is 3.61. The Labute approximate surface area is 130 Å². The monoisotopic (exact) mass is 321 g/mol. The molecule has 2 rings (SSSR count). The van der Waals surface area contributed by atoms with Gasteiger partial charge in [-0.1, -0.05) is 36.4 Å². The van der Waals surface area contributed by atoms with Crippen molar-refractivity contribution < 1.29 is 18.3 Å². The predicted octanol–water partition coefficient (Wildman–Crippen LogP) is 2.69. The number of anilines is 1. The van der Waals surface area contributed by atoms with Gasteiger partial charge >= 0.3 is 0 Å². The van der Waals surface area contributed by atoms with Crippen molar-refractivity contribution in [2.24, 2.45) is 0 Å². The maximum absolute atomic E-state index is 11.5. The van der Waals surface area contributed by atoms with Crippen LogP contribution in [0.1, 0.15) is 24.2 Å². The fourth-order valence-corrected chi connectivity index (χ4v) is 2.51. The number of sulfonamides is 1. The van der Waals surface area contributed by atoms with E-state index >= 15 is 0 Å². The molecule has 2 aromatic rings. The second-order valence-electron chi connectivity index (χ2n) is 5.08. The van der Waals surface area contributed by atoms with Crippen molar-refractivity contribution >= 4 is 15.7 Å². The zero-order valence-electron chi connectivity index (χ0n) is 12.5. The minimum atomic E-state index is -3.44. The Balaban J connectivity index is 2.25. The summed E-state index contributed by atoms with van der Waals surface area (Å²) in [4.78, 5) is 0. The van der Waals surface area contributed by atoms with Crippen molar-refractivity contribution in [3.63, 3.8) is 0 Å². The van der Waals surface area contributed by atoms with Gasteiger partial charge in [0.15, 0.2) is 0 Å². The summed E-state index contributed by atoms with van der Waals surface area (Å²) in [5.74, 6) is 0.415. The molecule has 0 heterocycles. The average Bonchev–Trinajstić information content (AvgIpc) is 2.45. The second-order valence-corrected chi connectivity index (χ2v) is 6.83. The van der Waals surface area contributed by atoms with E-state index in [2.05, 4.69) is 4.72 Å². The van der Waals surface area contributed by atoms with Crippen LogP contribution < -0.4 is 9.46 Å². The van der Waals surface area contributed by atoms with Gasteiger partial charge in [-0.05, 0) is 30.2 Å². The van der Waals surface area contributed by atoms with Crippen LogP contribution in [-0.4, -0.2) is 19.8 Å². The van der Waals surface area contributed by atoms with E-state index in [0.29, 0.717) is 23.6 Å². The van der Waals surface area contributed by atoms with Gasteiger partial charge in [0.25, 0.3) is 0 Å². The summed E-state index contributed by atoms with van der Waals surface area (Å²) < 4.78 is 31.1. The lowest BCUT2D eigenvalue weighted by atomic mass is 10.1. The predicted molar refractivity (Wildman–Crippen MR) is 86.3 cm³/mol. The first-order valence-electron chi connectivity index (χ1n) is 6.82. The van der Waals surface area contributed by atoms with Crippen molar-refractivity contribution in [1.29, 1.82) is 0 Å². The van der Waals surface area contributed by atoms with Crippen LogP contribution in [0, 0.1) is 0 Å². The first kappa shape index (κ1) is 16.3. The summed E-state index contributed by atoms with van der Waals surface area (Å²) in [5.41, 5.74) is 1.91. The summed E-state index contributed by atoms with van der Waals surface area (Å²) in [7, 11) is -3.44. The van der Waals surface area contributed by atoms with E-state index in [1.807, 2.05) is 30.3 Å². The SMILES string of the molecule is CC(O)c1ccc(OCc2ccccc2)c(NS(C)(=O)=O)c1. The fourth-order valence-electron chi connectivity index (χ4n) is 1.95. The van der Waals surface area contributed by atoms with E-state index in [0.717, 1.165) is 11.8 Å². The number of aliphatic hydroxyl groups is 1. The molecule has 0 radical (unpaired) electrons. The molecule has 5 nitrogen and oxygen atoms in total. The molecular weight excluding hydrogens is 302 g/mol. The highest BCUT2D eigenvalue weighted by Gasteiger charge is 2.12. The topological polar surface area (TPSA) is 75.6 Å². The van der Waals surface area contributed by atoms with E-state index < -0.39 is 16.1 Å². The highest BCUT2D eigenvalue weighted by molar-refractivity contribution is 7.92. The molecule has 1 atom stereocenters. The van der Waals surface area contributed by atoms with E-state index in [9.17, 15) is 13.5 Å². The fraction of sp³-hybridized carbons (Fsp3) is 0.250. The van der Waals surface area contributed by atoms with Crippen LogP contribution >= 0.6 is 0 Å². The van der Waals surface area contributed by atoms with Crippen LogP contribution in [-0.2, 0) is 16.6 Å². The Kier molecular flexibility index (Phi) is 5.05. The molecule has 1 unspecified atom stereocenters. The summed E-state index contributed by atoms with van der Waals surface area (Å²) in [6.07, 6.45) is 0.381. The Hall–Kier alpha value is -2.05. The summed E-state index contributed by atoms with van der Waals surface area (Å²) in [6, 6.07) is 14.5. The lowest BCUT2D eigenvalue weighted by Crippen LogP contribution is -2.11. The Morgan fingerprint density at radius 1 is 1.18 bits per heavy atom. The quantitative estimate of drug-likeness (QED) is 0.858. The molecule has 2 N–H and O–H groups in total. The molecule has 6 heteroatoms. The highest BCUT2D eigenvalue weighted by Crippen LogP contribution is 2.29. The van der Waals surface area contributed by atoms with E-state index in [4.69, 9.17) is 4.74 Å². The Morgan fingerprint density at radius 2 is 1.86 bits per heavy atom. The second kappa shape index (κ2) is 6.81. The average molecular weight is 321 g/mol. The first-order chi connectivity index (χ1) is 10.3. The molecule has 0 aromatic heterocycles. The van der Waals surface area contributed by atoms with Gasteiger partial charge in [-0.2, -0.15) is 0 Å². The lowest BCUT2D eigenvalue weighted by molar-refractivity contribution is 0.199. The van der Waals surface area contributed by atoms with Crippen LogP contribution in [0.4, 0.5) is 5.69 Å². The van der Waals surface area contributed by atoms with E-state index in [1.54, 1.807) is 25.1 Å². The number of ether oxygens (including phenoxy) is 1. The van der Waals surface area contributed by atoms with Crippen LogP contribution in [0.2, 0.25) is 0 Å². The molecule has 0 spiro atoms. The molecule has 0 fully saturated rings. The molecule has 0 saturated heterocycles. The largest absolute Gasteiger partial charge is 0.487 e. The number of benzene rings is 2. The van der Waals surface area contributed by atoms with Crippen LogP contribution in [0.25, 0.3) is 0 Å². The number of aliphatic hydroxyl groups excluding tert-OH is 1. The van der Waals surface area contributed by atoms with Crippen molar-refractivity contribution in [3.05, 3.63) is 59.7 Å². The van der Waals surface area contributed by atoms with Crippen molar-refractivity contribution in [2.75, 3.05) is 11.0 Å². The van der Waals surface area contributed by atoms with Crippen LogP contribution in [0.15, 0.2) is 48.5 Å². The van der Waals surface area contributed by atoms with Crippen molar-refractivity contribution in [1.82, 2.24) is 0 Å². The van der Waals surface area contributed by atoms with Gasteiger partial charge < -0.3 is 9.84 Å². The standard InChI is InChI=1S/C16H19NO4S/c1-12(18)14-8-9-16(15(10-14)17-22(2,19)20)21-11-13-6-4-3-5-7-13/h3-10,12,17-18H,11H2,1-2H3. The van der Waals surface area contributed by atoms with Crippen LogP contribution in [0.5, 0.6) is 5.75 Å².